The first kappa shape index (κ1) is 21.3. The van der Waals surface area contributed by atoms with Crippen LogP contribution in [-0.2, 0) is 20.9 Å². The molecule has 0 aromatic heterocycles. The summed E-state index contributed by atoms with van der Waals surface area (Å²) in [7, 11) is 0. The molecule has 0 bridgehead atoms. The third kappa shape index (κ3) is 5.03. The Balaban J connectivity index is 1.46. The minimum atomic E-state index is -0.214. The molecule has 30 heavy (non-hydrogen) atoms. The Morgan fingerprint density at radius 3 is 2.57 bits per heavy atom. The van der Waals surface area contributed by atoms with Gasteiger partial charge in [0.2, 0.25) is 11.8 Å². The van der Waals surface area contributed by atoms with Gasteiger partial charge in [-0.25, -0.2) is 0 Å². The lowest BCUT2D eigenvalue weighted by Crippen LogP contribution is -2.49. The number of hydrogen-bond acceptors (Lipinski definition) is 4. The van der Waals surface area contributed by atoms with E-state index in [4.69, 9.17) is 4.74 Å². The molecular formula is C24H35N3O3. The topological polar surface area (TPSA) is 53.1 Å². The molecular weight excluding hydrogens is 378 g/mol. The van der Waals surface area contributed by atoms with Crippen LogP contribution in [0.4, 0.5) is 0 Å². The maximum Gasteiger partial charge on any atom is 0.228 e. The molecule has 2 saturated heterocycles. The predicted octanol–water partition coefficient (Wildman–Crippen LogP) is 2.53. The van der Waals surface area contributed by atoms with Crippen LogP contribution in [0.5, 0.6) is 0 Å². The fourth-order valence-corrected chi connectivity index (χ4v) is 5.19. The van der Waals surface area contributed by atoms with E-state index in [0.717, 1.165) is 51.3 Å². The van der Waals surface area contributed by atoms with E-state index < -0.39 is 0 Å². The highest BCUT2D eigenvalue weighted by atomic mass is 16.5. The second-order valence-electron chi connectivity index (χ2n) is 9.10. The van der Waals surface area contributed by atoms with Crippen LogP contribution < -0.4 is 0 Å². The smallest absolute Gasteiger partial charge is 0.228 e. The van der Waals surface area contributed by atoms with E-state index in [-0.39, 0.29) is 23.8 Å². The van der Waals surface area contributed by atoms with Crippen LogP contribution in [0.2, 0.25) is 0 Å². The number of ether oxygens (including phenoxy) is 1. The average molecular weight is 414 g/mol. The summed E-state index contributed by atoms with van der Waals surface area (Å²) < 4.78 is 5.47. The second-order valence-corrected chi connectivity index (χ2v) is 9.10. The first-order valence-corrected chi connectivity index (χ1v) is 11.6. The molecule has 1 aliphatic carbocycles. The van der Waals surface area contributed by atoms with Crippen molar-refractivity contribution in [2.75, 3.05) is 39.4 Å². The molecule has 0 N–H and O–H groups in total. The molecule has 2 amide bonds. The van der Waals surface area contributed by atoms with E-state index >= 15 is 0 Å². The molecule has 2 unspecified atom stereocenters. The molecule has 2 aliphatic heterocycles. The lowest BCUT2D eigenvalue weighted by molar-refractivity contribution is -0.139. The SMILES string of the molecule is CC(CN1CCOCC1)N(Cc1ccccc1)C(=O)C1CC(=O)N(C2CCCC2)C1. The average Bonchev–Trinajstić information content (AvgIpc) is 3.42. The molecule has 0 spiro atoms. The summed E-state index contributed by atoms with van der Waals surface area (Å²) in [6.45, 7) is 7.51. The molecule has 3 fully saturated rings. The summed E-state index contributed by atoms with van der Waals surface area (Å²) in [5.41, 5.74) is 1.14. The summed E-state index contributed by atoms with van der Waals surface area (Å²) in [5.74, 6) is 0.0863. The van der Waals surface area contributed by atoms with Gasteiger partial charge in [-0.15, -0.1) is 0 Å². The molecule has 6 nitrogen and oxygen atoms in total. The largest absolute Gasteiger partial charge is 0.379 e. The summed E-state index contributed by atoms with van der Waals surface area (Å²) >= 11 is 0. The number of benzene rings is 1. The lowest BCUT2D eigenvalue weighted by Gasteiger charge is -2.36. The molecule has 1 aromatic rings. The minimum Gasteiger partial charge on any atom is -0.379 e. The van der Waals surface area contributed by atoms with Crippen molar-refractivity contribution in [1.82, 2.24) is 14.7 Å². The van der Waals surface area contributed by atoms with Crippen molar-refractivity contribution in [3.05, 3.63) is 35.9 Å². The maximum atomic E-state index is 13.6. The summed E-state index contributed by atoms with van der Waals surface area (Å²) in [6, 6.07) is 10.6. The van der Waals surface area contributed by atoms with Gasteiger partial charge in [-0.2, -0.15) is 0 Å². The fourth-order valence-electron chi connectivity index (χ4n) is 5.19. The van der Waals surface area contributed by atoms with Gasteiger partial charge in [-0.3, -0.25) is 14.5 Å². The molecule has 1 saturated carbocycles. The monoisotopic (exact) mass is 413 g/mol. The molecule has 2 atom stereocenters. The third-order valence-electron chi connectivity index (χ3n) is 6.91. The van der Waals surface area contributed by atoms with E-state index in [1.807, 2.05) is 28.0 Å². The number of rotatable bonds is 7. The van der Waals surface area contributed by atoms with Gasteiger partial charge < -0.3 is 14.5 Å². The van der Waals surface area contributed by atoms with E-state index in [1.54, 1.807) is 0 Å². The van der Waals surface area contributed by atoms with Gasteiger partial charge in [-0.1, -0.05) is 43.2 Å². The molecule has 4 rings (SSSR count). The normalized spacial score (nSPS) is 24.4. The number of likely N-dealkylation sites (tertiary alicyclic amines) is 1. The Bertz CT molecular complexity index is 714. The van der Waals surface area contributed by atoms with Crippen LogP contribution in [0.1, 0.15) is 44.6 Å². The van der Waals surface area contributed by atoms with Crippen LogP contribution in [0.25, 0.3) is 0 Å². The maximum absolute atomic E-state index is 13.6. The molecule has 2 heterocycles. The zero-order valence-corrected chi connectivity index (χ0v) is 18.2. The van der Waals surface area contributed by atoms with Crippen LogP contribution >= 0.6 is 0 Å². The Kier molecular flexibility index (Phi) is 7.05. The van der Waals surface area contributed by atoms with Crippen molar-refractivity contribution in [3.8, 4) is 0 Å². The molecule has 1 aromatic carbocycles. The first-order chi connectivity index (χ1) is 14.6. The van der Waals surface area contributed by atoms with Crippen LogP contribution in [0, 0.1) is 5.92 Å². The quantitative estimate of drug-likeness (QED) is 0.689. The highest BCUT2D eigenvalue weighted by Gasteiger charge is 2.41. The molecule has 0 radical (unpaired) electrons. The van der Waals surface area contributed by atoms with Crippen molar-refractivity contribution in [2.24, 2.45) is 5.92 Å². The third-order valence-corrected chi connectivity index (χ3v) is 6.91. The van der Waals surface area contributed by atoms with E-state index in [9.17, 15) is 9.59 Å². The van der Waals surface area contributed by atoms with E-state index in [2.05, 4.69) is 24.0 Å². The van der Waals surface area contributed by atoms with Gasteiger partial charge >= 0.3 is 0 Å². The zero-order valence-electron chi connectivity index (χ0n) is 18.2. The lowest BCUT2D eigenvalue weighted by atomic mass is 10.0. The Morgan fingerprint density at radius 2 is 1.87 bits per heavy atom. The second kappa shape index (κ2) is 9.92. The van der Waals surface area contributed by atoms with Crippen molar-refractivity contribution in [3.63, 3.8) is 0 Å². The number of morpholine rings is 1. The number of carbonyl (C=O) groups is 2. The molecule has 164 valence electrons. The van der Waals surface area contributed by atoms with Gasteiger partial charge in [0, 0.05) is 51.2 Å². The number of carbonyl (C=O) groups excluding carboxylic acids is 2. The summed E-state index contributed by atoms with van der Waals surface area (Å²) in [5, 5.41) is 0. The van der Waals surface area contributed by atoms with Crippen LogP contribution in [0.3, 0.4) is 0 Å². The zero-order chi connectivity index (χ0) is 20.9. The minimum absolute atomic E-state index is 0.0893. The van der Waals surface area contributed by atoms with E-state index in [0.29, 0.717) is 25.6 Å². The van der Waals surface area contributed by atoms with E-state index in [1.165, 1.54) is 12.8 Å². The van der Waals surface area contributed by atoms with Gasteiger partial charge in [0.05, 0.1) is 19.1 Å². The van der Waals surface area contributed by atoms with Crippen molar-refractivity contribution < 1.29 is 14.3 Å². The highest BCUT2D eigenvalue weighted by molar-refractivity contribution is 5.89. The van der Waals surface area contributed by atoms with Gasteiger partial charge in [0.25, 0.3) is 0 Å². The van der Waals surface area contributed by atoms with Crippen molar-refractivity contribution >= 4 is 11.8 Å². The fraction of sp³-hybridized carbons (Fsp3) is 0.667. The van der Waals surface area contributed by atoms with Gasteiger partial charge in [0.1, 0.15) is 0 Å². The Labute approximate surface area is 180 Å². The molecule has 6 heteroatoms. The standard InChI is InChI=1S/C24H35N3O3/c1-19(16-25-11-13-30-14-12-25)26(17-20-7-3-2-4-8-20)24(29)21-15-23(28)27(18-21)22-9-5-6-10-22/h2-4,7-8,19,21-22H,5-6,9-18H2,1H3. The van der Waals surface area contributed by atoms with Crippen molar-refractivity contribution in [2.45, 2.75) is 57.7 Å². The molecule has 3 aliphatic rings. The Morgan fingerprint density at radius 1 is 1.17 bits per heavy atom. The first-order valence-electron chi connectivity index (χ1n) is 11.6. The van der Waals surface area contributed by atoms with Gasteiger partial charge in [-0.05, 0) is 25.3 Å². The highest BCUT2D eigenvalue weighted by Crippen LogP contribution is 2.31. The van der Waals surface area contributed by atoms with Gasteiger partial charge in [0.15, 0.2) is 0 Å². The number of hydrogen-bond donors (Lipinski definition) is 0. The van der Waals surface area contributed by atoms with Crippen LogP contribution in [0.15, 0.2) is 30.3 Å². The summed E-state index contributed by atoms with van der Waals surface area (Å²) in [4.78, 5) is 32.7. The van der Waals surface area contributed by atoms with Crippen LogP contribution in [-0.4, -0.2) is 78.0 Å². The summed E-state index contributed by atoms with van der Waals surface area (Å²) in [6.07, 6.45) is 4.94. The van der Waals surface area contributed by atoms with Crippen molar-refractivity contribution in [1.29, 1.82) is 0 Å². The number of amides is 2. The Hall–Kier alpha value is -1.92. The predicted molar refractivity (Wildman–Crippen MR) is 116 cm³/mol. The number of nitrogens with zero attached hydrogens (tertiary/aromatic N) is 3.